The van der Waals surface area contributed by atoms with Gasteiger partial charge in [0.15, 0.2) is 17.3 Å². The van der Waals surface area contributed by atoms with Gasteiger partial charge in [-0.2, -0.15) is 0 Å². The zero-order valence-electron chi connectivity index (χ0n) is 17.9. The number of halogens is 3. The molecule has 2 aromatic rings. The van der Waals surface area contributed by atoms with Crippen LogP contribution >= 0.6 is 0 Å². The average molecular weight is 437 g/mol. The molecule has 31 heavy (non-hydrogen) atoms. The fourth-order valence-electron chi connectivity index (χ4n) is 3.72. The van der Waals surface area contributed by atoms with E-state index >= 15 is 0 Å². The van der Waals surface area contributed by atoms with Crippen LogP contribution in [0.15, 0.2) is 12.1 Å². The fourth-order valence-corrected chi connectivity index (χ4v) is 3.72. The van der Waals surface area contributed by atoms with Crippen molar-refractivity contribution in [2.45, 2.75) is 46.3 Å². The molecule has 3 N–H and O–H groups in total. The molecule has 0 fully saturated rings. The molecular formula is C21H26F3N5O2. The Hall–Kier alpha value is -2.88. The van der Waals surface area contributed by atoms with Crippen LogP contribution in [0.1, 0.15) is 43.4 Å². The van der Waals surface area contributed by atoms with Gasteiger partial charge in [-0.05, 0) is 31.5 Å². The van der Waals surface area contributed by atoms with Gasteiger partial charge in [-0.25, -0.2) is 18.2 Å². The van der Waals surface area contributed by atoms with Crippen LogP contribution in [0.4, 0.5) is 13.2 Å². The number of imidazole rings is 1. The van der Waals surface area contributed by atoms with Crippen LogP contribution in [-0.2, 0) is 17.9 Å². The maximum atomic E-state index is 14.5. The predicted octanol–water partition coefficient (Wildman–Crippen LogP) is 2.43. The smallest absolute Gasteiger partial charge is 0.272 e. The van der Waals surface area contributed by atoms with Crippen molar-refractivity contribution in [2.75, 3.05) is 13.6 Å². The summed E-state index contributed by atoms with van der Waals surface area (Å²) in [7, 11) is 1.86. The normalized spacial score (nSPS) is 15.8. The van der Waals surface area contributed by atoms with Crippen molar-refractivity contribution in [1.82, 2.24) is 19.8 Å². The lowest BCUT2D eigenvalue weighted by atomic mass is 9.86. The summed E-state index contributed by atoms with van der Waals surface area (Å²) in [6, 6.07) is 0.222. The molecule has 3 rings (SSSR count). The first-order valence-corrected chi connectivity index (χ1v) is 9.93. The number of nitrogens with zero attached hydrogens (tertiary/aromatic N) is 3. The summed E-state index contributed by atoms with van der Waals surface area (Å²) < 4.78 is 43.5. The quantitative estimate of drug-likeness (QED) is 0.719. The SMILES string of the molecule is CN1CCCn2c(-c3cc(F)c(F)cc3F)nc(C(=O)NC(C(N)=O)C(C)(C)C)c2C1. The van der Waals surface area contributed by atoms with Gasteiger partial charge in [0.1, 0.15) is 17.7 Å². The molecule has 0 spiro atoms. The summed E-state index contributed by atoms with van der Waals surface area (Å²) in [5, 5.41) is 2.62. The number of aromatic nitrogens is 2. The van der Waals surface area contributed by atoms with Crippen molar-refractivity contribution in [2.24, 2.45) is 11.1 Å². The minimum atomic E-state index is -1.31. The Balaban J connectivity index is 2.13. The van der Waals surface area contributed by atoms with E-state index < -0.39 is 40.7 Å². The molecule has 1 aliphatic rings. The molecule has 2 amide bonds. The van der Waals surface area contributed by atoms with E-state index in [0.717, 1.165) is 6.07 Å². The van der Waals surface area contributed by atoms with E-state index in [0.29, 0.717) is 37.8 Å². The zero-order valence-corrected chi connectivity index (χ0v) is 17.9. The molecule has 7 nitrogen and oxygen atoms in total. The van der Waals surface area contributed by atoms with Gasteiger partial charge in [-0.3, -0.25) is 9.59 Å². The minimum absolute atomic E-state index is 0.0108. The third kappa shape index (κ3) is 4.58. The van der Waals surface area contributed by atoms with Crippen molar-refractivity contribution in [3.63, 3.8) is 0 Å². The fraction of sp³-hybridized carbons (Fsp3) is 0.476. The highest BCUT2D eigenvalue weighted by Crippen LogP contribution is 2.30. The van der Waals surface area contributed by atoms with E-state index in [-0.39, 0.29) is 17.1 Å². The maximum absolute atomic E-state index is 14.5. The molecule has 2 heterocycles. The highest BCUT2D eigenvalue weighted by Gasteiger charge is 2.34. The number of carbonyl (C=O) groups is 2. The number of carbonyl (C=O) groups excluding carboxylic acids is 2. The van der Waals surface area contributed by atoms with Crippen LogP contribution in [-0.4, -0.2) is 45.9 Å². The van der Waals surface area contributed by atoms with Gasteiger partial charge >= 0.3 is 0 Å². The van der Waals surface area contributed by atoms with Gasteiger partial charge in [-0.1, -0.05) is 20.8 Å². The van der Waals surface area contributed by atoms with Crippen molar-refractivity contribution in [3.05, 3.63) is 41.0 Å². The first-order chi connectivity index (χ1) is 14.4. The van der Waals surface area contributed by atoms with Gasteiger partial charge in [0.2, 0.25) is 5.91 Å². The molecule has 0 aliphatic carbocycles. The summed E-state index contributed by atoms with van der Waals surface area (Å²) in [5.41, 5.74) is 5.06. The molecule has 0 bridgehead atoms. The van der Waals surface area contributed by atoms with Gasteiger partial charge in [-0.15, -0.1) is 0 Å². The molecule has 1 atom stereocenters. The standard InChI is InChI=1S/C21H26F3N5O2/c1-21(2,3)17(18(25)30)27-20(31)16-15-10-28(4)6-5-7-29(15)19(26-16)11-8-13(23)14(24)9-12(11)22/h8-9,17H,5-7,10H2,1-4H3,(H2,25,30)(H,27,31). The zero-order chi connectivity index (χ0) is 23.1. The van der Waals surface area contributed by atoms with Crippen LogP contribution in [0.2, 0.25) is 0 Å². The first kappa shape index (κ1) is 22.8. The van der Waals surface area contributed by atoms with Crippen LogP contribution in [0.3, 0.4) is 0 Å². The Morgan fingerprint density at radius 2 is 1.77 bits per heavy atom. The number of rotatable bonds is 4. The predicted molar refractivity (Wildman–Crippen MR) is 108 cm³/mol. The number of hydrogen-bond acceptors (Lipinski definition) is 4. The lowest BCUT2D eigenvalue weighted by Gasteiger charge is -2.28. The van der Waals surface area contributed by atoms with Crippen LogP contribution in [0.25, 0.3) is 11.4 Å². The minimum Gasteiger partial charge on any atom is -0.368 e. The molecule has 168 valence electrons. The summed E-state index contributed by atoms with van der Waals surface area (Å²) >= 11 is 0. The molecule has 1 aromatic carbocycles. The Morgan fingerprint density at radius 1 is 1.13 bits per heavy atom. The van der Waals surface area contributed by atoms with E-state index in [4.69, 9.17) is 5.73 Å². The maximum Gasteiger partial charge on any atom is 0.272 e. The largest absolute Gasteiger partial charge is 0.368 e. The van der Waals surface area contributed by atoms with E-state index in [1.54, 1.807) is 25.3 Å². The number of benzene rings is 1. The van der Waals surface area contributed by atoms with Gasteiger partial charge in [0.05, 0.1) is 11.3 Å². The second-order valence-corrected chi connectivity index (χ2v) is 8.89. The molecule has 1 aromatic heterocycles. The Morgan fingerprint density at radius 3 is 2.39 bits per heavy atom. The second-order valence-electron chi connectivity index (χ2n) is 8.89. The van der Waals surface area contributed by atoms with Crippen molar-refractivity contribution < 1.29 is 22.8 Å². The Kier molecular flexibility index (Phi) is 6.13. The number of fused-ring (bicyclic) bond motifs is 1. The Labute approximate surface area is 178 Å². The summed E-state index contributed by atoms with van der Waals surface area (Å²) in [4.78, 5) is 31.3. The Bertz CT molecular complexity index is 1030. The molecule has 1 aliphatic heterocycles. The monoisotopic (exact) mass is 437 g/mol. The van der Waals surface area contributed by atoms with Gasteiger partial charge < -0.3 is 20.5 Å². The third-order valence-corrected chi connectivity index (χ3v) is 5.31. The highest BCUT2D eigenvalue weighted by atomic mass is 19.2. The third-order valence-electron chi connectivity index (χ3n) is 5.31. The van der Waals surface area contributed by atoms with Crippen molar-refractivity contribution >= 4 is 11.8 Å². The second kappa shape index (κ2) is 8.33. The number of hydrogen-bond donors (Lipinski definition) is 2. The molecule has 0 saturated heterocycles. The topological polar surface area (TPSA) is 93.2 Å². The number of primary amides is 1. The molecular weight excluding hydrogens is 411 g/mol. The molecule has 1 unspecified atom stereocenters. The first-order valence-electron chi connectivity index (χ1n) is 9.93. The number of nitrogens with one attached hydrogen (secondary N) is 1. The average Bonchev–Trinajstić information content (AvgIpc) is 2.87. The summed E-state index contributed by atoms with van der Waals surface area (Å²) in [6.45, 7) is 6.73. The van der Waals surface area contributed by atoms with E-state index in [9.17, 15) is 22.8 Å². The summed E-state index contributed by atoms with van der Waals surface area (Å²) in [5.74, 6) is -4.83. The molecule has 0 saturated carbocycles. The number of nitrogens with two attached hydrogens (primary N) is 1. The van der Waals surface area contributed by atoms with E-state index in [1.807, 2.05) is 11.9 Å². The molecule has 0 radical (unpaired) electrons. The van der Waals surface area contributed by atoms with Crippen LogP contribution in [0, 0.1) is 22.9 Å². The highest BCUT2D eigenvalue weighted by molar-refractivity contribution is 5.97. The van der Waals surface area contributed by atoms with Crippen molar-refractivity contribution in [3.8, 4) is 11.4 Å². The van der Waals surface area contributed by atoms with Crippen LogP contribution in [0.5, 0.6) is 0 Å². The van der Waals surface area contributed by atoms with Crippen molar-refractivity contribution in [1.29, 1.82) is 0 Å². The number of amides is 2. The lowest BCUT2D eigenvalue weighted by Crippen LogP contribution is -2.52. The van der Waals surface area contributed by atoms with Crippen LogP contribution < -0.4 is 11.1 Å². The van der Waals surface area contributed by atoms with Gasteiger partial charge in [0.25, 0.3) is 5.91 Å². The lowest BCUT2D eigenvalue weighted by molar-refractivity contribution is -0.122. The van der Waals surface area contributed by atoms with E-state index in [2.05, 4.69) is 10.3 Å². The summed E-state index contributed by atoms with van der Waals surface area (Å²) in [6.07, 6.45) is 0.686. The molecule has 10 heteroatoms. The van der Waals surface area contributed by atoms with Gasteiger partial charge in [0, 0.05) is 19.2 Å². The van der Waals surface area contributed by atoms with E-state index in [1.165, 1.54) is 0 Å².